The molecule has 0 saturated heterocycles. The Morgan fingerprint density at radius 1 is 1.14 bits per heavy atom. The van der Waals surface area contributed by atoms with E-state index in [0.29, 0.717) is 57.7 Å². The number of aromatic nitrogens is 3. The molecule has 35 heavy (non-hydrogen) atoms. The van der Waals surface area contributed by atoms with E-state index in [4.69, 9.17) is 14.2 Å². The maximum atomic E-state index is 13.7. The standard InChI is InChI=1S/C25H25FN4O4S/c1-32-20-13-17(14-21(33-2)24(20)34-3)5-8-23(31)30(11-4-10-29-12-9-27-16-29)25-28-19-7-6-18(26)15-22(19)35-25/h5-9,12-16H,4,10-11H2,1-3H3/b8-5+. The number of methoxy groups -OCH3 is 3. The van der Waals surface area contributed by atoms with Gasteiger partial charge < -0.3 is 18.8 Å². The van der Waals surface area contributed by atoms with Crippen molar-refractivity contribution in [1.82, 2.24) is 14.5 Å². The molecule has 0 spiro atoms. The number of imidazole rings is 1. The molecule has 1 amide bonds. The van der Waals surface area contributed by atoms with Gasteiger partial charge in [-0.05, 0) is 48.4 Å². The molecule has 0 N–H and O–H groups in total. The molecule has 0 aliphatic rings. The SMILES string of the molecule is COc1cc(/C=C/C(=O)N(CCCn2ccnc2)c2nc3ccc(F)cc3s2)cc(OC)c1OC. The lowest BCUT2D eigenvalue weighted by molar-refractivity contribution is -0.114. The molecule has 182 valence electrons. The van der Waals surface area contributed by atoms with E-state index in [1.807, 2.05) is 10.8 Å². The lowest BCUT2D eigenvalue weighted by atomic mass is 10.1. The van der Waals surface area contributed by atoms with Gasteiger partial charge in [-0.1, -0.05) is 11.3 Å². The maximum absolute atomic E-state index is 13.7. The van der Waals surface area contributed by atoms with E-state index in [-0.39, 0.29) is 11.7 Å². The minimum absolute atomic E-state index is 0.246. The Balaban J connectivity index is 1.60. The van der Waals surface area contributed by atoms with Crippen molar-refractivity contribution >= 4 is 38.7 Å². The number of thiazole rings is 1. The summed E-state index contributed by atoms with van der Waals surface area (Å²) in [5.74, 6) is 0.867. The van der Waals surface area contributed by atoms with Crippen molar-refractivity contribution in [3.05, 3.63) is 66.5 Å². The van der Waals surface area contributed by atoms with E-state index in [2.05, 4.69) is 9.97 Å². The highest BCUT2D eigenvalue weighted by atomic mass is 32.1. The fourth-order valence-electron chi connectivity index (χ4n) is 3.59. The number of ether oxygens (including phenoxy) is 3. The van der Waals surface area contributed by atoms with Gasteiger partial charge in [-0.15, -0.1) is 0 Å². The largest absolute Gasteiger partial charge is 0.493 e. The molecule has 2 aromatic heterocycles. The van der Waals surface area contributed by atoms with Gasteiger partial charge in [0.1, 0.15) is 5.82 Å². The van der Waals surface area contributed by atoms with Crippen LogP contribution in [0.4, 0.5) is 9.52 Å². The summed E-state index contributed by atoms with van der Waals surface area (Å²) in [6.07, 6.45) is 9.16. The van der Waals surface area contributed by atoms with Crippen LogP contribution in [0.1, 0.15) is 12.0 Å². The lowest BCUT2D eigenvalue weighted by Crippen LogP contribution is -2.30. The van der Waals surface area contributed by atoms with Gasteiger partial charge >= 0.3 is 0 Å². The number of carbonyl (C=O) groups is 1. The number of rotatable bonds is 10. The second-order valence-electron chi connectivity index (χ2n) is 7.54. The van der Waals surface area contributed by atoms with Crippen molar-refractivity contribution in [2.75, 3.05) is 32.8 Å². The summed E-state index contributed by atoms with van der Waals surface area (Å²) >= 11 is 1.28. The summed E-state index contributed by atoms with van der Waals surface area (Å²) in [5.41, 5.74) is 1.35. The molecule has 0 bridgehead atoms. The highest BCUT2D eigenvalue weighted by molar-refractivity contribution is 7.22. The topological polar surface area (TPSA) is 78.7 Å². The second kappa shape index (κ2) is 11.0. The van der Waals surface area contributed by atoms with Crippen LogP contribution in [0, 0.1) is 5.82 Å². The van der Waals surface area contributed by atoms with Crippen LogP contribution in [-0.4, -0.2) is 48.3 Å². The van der Waals surface area contributed by atoms with E-state index in [0.717, 1.165) is 0 Å². The van der Waals surface area contributed by atoms with Crippen molar-refractivity contribution in [3.63, 3.8) is 0 Å². The lowest BCUT2D eigenvalue weighted by Gasteiger charge is -2.18. The van der Waals surface area contributed by atoms with Gasteiger partial charge in [-0.25, -0.2) is 14.4 Å². The summed E-state index contributed by atoms with van der Waals surface area (Å²) in [5, 5.41) is 0.510. The van der Waals surface area contributed by atoms with Gasteiger partial charge in [0.15, 0.2) is 16.6 Å². The Bertz CT molecular complexity index is 1310. The van der Waals surface area contributed by atoms with Crippen LogP contribution >= 0.6 is 11.3 Å². The molecule has 0 aliphatic heterocycles. The average Bonchev–Trinajstić information content (AvgIpc) is 3.53. The van der Waals surface area contributed by atoms with E-state index >= 15 is 0 Å². The average molecular weight is 497 g/mol. The first-order valence-corrected chi connectivity index (χ1v) is 11.7. The molecule has 2 heterocycles. The van der Waals surface area contributed by atoms with Crippen molar-refractivity contribution < 1.29 is 23.4 Å². The monoisotopic (exact) mass is 496 g/mol. The highest BCUT2D eigenvalue weighted by Gasteiger charge is 2.19. The predicted octanol–water partition coefficient (Wildman–Crippen LogP) is 4.79. The summed E-state index contributed by atoms with van der Waals surface area (Å²) in [6, 6.07) is 7.92. The Morgan fingerprint density at radius 2 is 1.91 bits per heavy atom. The smallest absolute Gasteiger partial charge is 0.252 e. The fraction of sp³-hybridized carbons (Fsp3) is 0.240. The summed E-state index contributed by atoms with van der Waals surface area (Å²) in [4.78, 5) is 23.5. The molecule has 4 aromatic rings. The number of halogens is 1. The number of amides is 1. The normalized spacial score (nSPS) is 11.2. The zero-order chi connectivity index (χ0) is 24.8. The third-order valence-electron chi connectivity index (χ3n) is 5.30. The first-order chi connectivity index (χ1) is 17.0. The van der Waals surface area contributed by atoms with Gasteiger partial charge in [0, 0.05) is 31.6 Å². The first-order valence-electron chi connectivity index (χ1n) is 10.8. The van der Waals surface area contributed by atoms with E-state index in [1.54, 1.807) is 41.7 Å². The Labute approximate surface area is 206 Å². The van der Waals surface area contributed by atoms with Crippen molar-refractivity contribution in [2.45, 2.75) is 13.0 Å². The number of nitrogens with zero attached hydrogens (tertiary/aromatic N) is 4. The summed E-state index contributed by atoms with van der Waals surface area (Å²) in [6.45, 7) is 1.12. The third kappa shape index (κ3) is 5.60. The van der Waals surface area contributed by atoms with Crippen LogP contribution in [0.15, 0.2) is 55.1 Å². The molecule has 0 radical (unpaired) electrons. The van der Waals surface area contributed by atoms with Crippen LogP contribution in [0.3, 0.4) is 0 Å². The molecule has 0 unspecified atom stereocenters. The number of aryl methyl sites for hydroxylation is 1. The summed E-state index contributed by atoms with van der Waals surface area (Å²) < 4.78 is 32.5. The molecule has 0 saturated carbocycles. The van der Waals surface area contributed by atoms with Crippen molar-refractivity contribution in [1.29, 1.82) is 0 Å². The van der Waals surface area contributed by atoms with E-state index < -0.39 is 0 Å². The van der Waals surface area contributed by atoms with Gasteiger partial charge in [0.25, 0.3) is 5.91 Å². The number of anilines is 1. The number of fused-ring (bicyclic) bond motifs is 1. The highest BCUT2D eigenvalue weighted by Crippen LogP contribution is 2.38. The Kier molecular flexibility index (Phi) is 7.61. The van der Waals surface area contributed by atoms with Crippen LogP contribution in [0.25, 0.3) is 16.3 Å². The molecule has 0 atom stereocenters. The minimum atomic E-state index is -0.340. The van der Waals surface area contributed by atoms with Crippen molar-refractivity contribution in [2.24, 2.45) is 0 Å². The quantitative estimate of drug-likeness (QED) is 0.294. The molecule has 8 nitrogen and oxygen atoms in total. The molecular weight excluding hydrogens is 471 g/mol. The maximum Gasteiger partial charge on any atom is 0.252 e. The molecular formula is C25H25FN4O4S. The Morgan fingerprint density at radius 3 is 2.57 bits per heavy atom. The van der Waals surface area contributed by atoms with Crippen molar-refractivity contribution in [3.8, 4) is 17.2 Å². The minimum Gasteiger partial charge on any atom is -0.493 e. The third-order valence-corrected chi connectivity index (χ3v) is 6.34. The zero-order valence-electron chi connectivity index (χ0n) is 19.6. The van der Waals surface area contributed by atoms with Gasteiger partial charge in [-0.2, -0.15) is 0 Å². The number of benzene rings is 2. The molecule has 0 aliphatic carbocycles. The Hall–Kier alpha value is -3.92. The number of carbonyl (C=O) groups excluding carboxylic acids is 1. The number of hydrogen-bond donors (Lipinski definition) is 0. The second-order valence-corrected chi connectivity index (χ2v) is 8.55. The molecule has 0 fully saturated rings. The van der Waals surface area contributed by atoms with Crippen LogP contribution in [0.2, 0.25) is 0 Å². The predicted molar refractivity (Wildman–Crippen MR) is 134 cm³/mol. The van der Waals surface area contributed by atoms with Gasteiger partial charge in [-0.3, -0.25) is 9.69 Å². The molecule has 2 aromatic carbocycles. The van der Waals surface area contributed by atoms with Crippen LogP contribution < -0.4 is 19.1 Å². The number of hydrogen-bond acceptors (Lipinski definition) is 7. The summed E-state index contributed by atoms with van der Waals surface area (Å²) in [7, 11) is 4.60. The molecule has 4 rings (SSSR count). The van der Waals surface area contributed by atoms with Crippen LogP contribution in [0.5, 0.6) is 17.2 Å². The van der Waals surface area contributed by atoms with Gasteiger partial charge in [0.05, 0.1) is 37.9 Å². The van der Waals surface area contributed by atoms with E-state index in [1.165, 1.54) is 50.9 Å². The van der Waals surface area contributed by atoms with Crippen LogP contribution in [-0.2, 0) is 11.3 Å². The van der Waals surface area contributed by atoms with Gasteiger partial charge in [0.2, 0.25) is 5.75 Å². The fourth-order valence-corrected chi connectivity index (χ4v) is 4.61. The first kappa shape index (κ1) is 24.2. The zero-order valence-corrected chi connectivity index (χ0v) is 20.4. The molecule has 10 heteroatoms. The van der Waals surface area contributed by atoms with E-state index in [9.17, 15) is 9.18 Å².